The Morgan fingerprint density at radius 2 is 1.88 bits per heavy atom. The van der Waals surface area contributed by atoms with Gasteiger partial charge in [0.15, 0.2) is 0 Å². The highest BCUT2D eigenvalue weighted by atomic mass is 35.5. The molecule has 164 valence electrons. The number of carbonyl (C=O) groups excluding carboxylic acids is 1. The Balaban J connectivity index is 1.91. The maximum absolute atomic E-state index is 11.6. The monoisotopic (exact) mass is 452 g/mol. The zero-order chi connectivity index (χ0) is 22.9. The van der Waals surface area contributed by atoms with Crippen molar-refractivity contribution in [3.8, 4) is 11.8 Å². The number of benzene rings is 2. The second kappa shape index (κ2) is 11.0. The summed E-state index contributed by atoms with van der Waals surface area (Å²) in [5.41, 5.74) is 2.02. The summed E-state index contributed by atoms with van der Waals surface area (Å²) in [6.07, 6.45) is 2.11. The van der Waals surface area contributed by atoms with Gasteiger partial charge in [0.2, 0.25) is 12.7 Å². The number of anilines is 1. The van der Waals surface area contributed by atoms with Gasteiger partial charge in [0.1, 0.15) is 5.75 Å². The minimum absolute atomic E-state index is 0.301. The molecule has 1 aromatic heterocycles. The first-order valence-electron chi connectivity index (χ1n) is 9.75. The third-order valence-electron chi connectivity index (χ3n) is 4.22. The number of nitrogens with zero attached hydrogens (tertiary/aromatic N) is 3. The van der Waals surface area contributed by atoms with Gasteiger partial charge in [0.25, 0.3) is 0 Å². The number of halogens is 1. The second-order valence-corrected chi connectivity index (χ2v) is 7.33. The Hall–Kier alpha value is -3.83. The third kappa shape index (κ3) is 6.33. The van der Waals surface area contributed by atoms with Crippen LogP contribution in [-0.4, -0.2) is 29.0 Å². The molecule has 0 aliphatic rings. The van der Waals surface area contributed by atoms with Crippen LogP contribution in [0.4, 0.5) is 10.7 Å². The summed E-state index contributed by atoms with van der Waals surface area (Å²) >= 11 is 6.28. The number of nitrogens with one attached hydrogen (secondary N) is 1. The smallest absolute Gasteiger partial charge is 0.457 e. The number of aromatic nitrogens is 2. The van der Waals surface area contributed by atoms with Gasteiger partial charge in [-0.05, 0) is 55.8 Å². The van der Waals surface area contributed by atoms with Crippen molar-refractivity contribution in [2.24, 2.45) is 0 Å². The molecule has 3 rings (SSSR count). The number of nitriles is 1. The molecule has 1 heterocycles. The summed E-state index contributed by atoms with van der Waals surface area (Å²) in [6.45, 7) is 3.10. The average molecular weight is 453 g/mol. The van der Waals surface area contributed by atoms with Gasteiger partial charge in [0.05, 0.1) is 23.8 Å². The van der Waals surface area contributed by atoms with Crippen molar-refractivity contribution >= 4 is 23.7 Å². The van der Waals surface area contributed by atoms with E-state index in [1.54, 1.807) is 62.6 Å². The van der Waals surface area contributed by atoms with Crippen molar-refractivity contribution in [2.75, 3.05) is 12.1 Å². The van der Waals surface area contributed by atoms with Gasteiger partial charge in [-0.25, -0.2) is 14.8 Å². The Bertz CT molecular complexity index is 1090. The van der Waals surface area contributed by atoms with E-state index >= 15 is 0 Å². The summed E-state index contributed by atoms with van der Waals surface area (Å²) < 4.78 is 15.6. The summed E-state index contributed by atoms with van der Waals surface area (Å²) in [4.78, 5) is 20.1. The molecule has 8 nitrogen and oxygen atoms in total. The Labute approximate surface area is 190 Å². The molecular weight excluding hydrogens is 432 g/mol. The SMILES string of the molecule is CC(C)OC(=O)OCOc1ccc(Cl)cc1C(Nc1ncccn1)c1ccc(C#N)cc1. The Morgan fingerprint density at radius 1 is 1.16 bits per heavy atom. The lowest BCUT2D eigenvalue weighted by atomic mass is 9.97. The molecule has 0 saturated carbocycles. The minimum Gasteiger partial charge on any atom is -0.457 e. The van der Waals surface area contributed by atoms with Crippen LogP contribution in [0.25, 0.3) is 0 Å². The van der Waals surface area contributed by atoms with Crippen LogP contribution in [0.15, 0.2) is 60.9 Å². The molecule has 3 aromatic rings. The van der Waals surface area contributed by atoms with Gasteiger partial charge >= 0.3 is 6.16 Å². The molecule has 9 heteroatoms. The van der Waals surface area contributed by atoms with Crippen LogP contribution < -0.4 is 10.1 Å². The van der Waals surface area contributed by atoms with Crippen molar-refractivity contribution in [1.29, 1.82) is 5.26 Å². The van der Waals surface area contributed by atoms with Gasteiger partial charge in [-0.1, -0.05) is 23.7 Å². The fourth-order valence-corrected chi connectivity index (χ4v) is 3.02. The molecule has 1 N–H and O–H groups in total. The van der Waals surface area contributed by atoms with Crippen molar-refractivity contribution < 1.29 is 19.0 Å². The summed E-state index contributed by atoms with van der Waals surface area (Å²) in [7, 11) is 0. The first-order valence-corrected chi connectivity index (χ1v) is 10.1. The highest BCUT2D eigenvalue weighted by Gasteiger charge is 2.21. The van der Waals surface area contributed by atoms with Crippen LogP contribution in [0.5, 0.6) is 5.75 Å². The van der Waals surface area contributed by atoms with E-state index in [9.17, 15) is 4.79 Å². The van der Waals surface area contributed by atoms with Crippen LogP contribution in [0, 0.1) is 11.3 Å². The van der Waals surface area contributed by atoms with Crippen LogP contribution in [0.2, 0.25) is 5.02 Å². The maximum Gasteiger partial charge on any atom is 0.511 e. The molecule has 0 aliphatic heterocycles. The molecule has 0 bridgehead atoms. The molecule has 32 heavy (non-hydrogen) atoms. The number of hydrogen-bond donors (Lipinski definition) is 1. The van der Waals surface area contributed by atoms with Crippen LogP contribution >= 0.6 is 11.6 Å². The van der Waals surface area contributed by atoms with E-state index in [1.165, 1.54) is 0 Å². The second-order valence-electron chi connectivity index (χ2n) is 6.89. The lowest BCUT2D eigenvalue weighted by Crippen LogP contribution is -2.18. The largest absolute Gasteiger partial charge is 0.511 e. The highest BCUT2D eigenvalue weighted by molar-refractivity contribution is 6.30. The van der Waals surface area contributed by atoms with E-state index in [0.29, 0.717) is 27.8 Å². The minimum atomic E-state index is -0.824. The topological polar surface area (TPSA) is 106 Å². The highest BCUT2D eigenvalue weighted by Crippen LogP contribution is 2.34. The van der Waals surface area contributed by atoms with Gasteiger partial charge in [-0.15, -0.1) is 0 Å². The van der Waals surface area contributed by atoms with E-state index in [2.05, 4.69) is 21.4 Å². The van der Waals surface area contributed by atoms with Gasteiger partial charge in [0, 0.05) is 23.0 Å². The fraction of sp³-hybridized carbons (Fsp3) is 0.217. The predicted octanol–water partition coefficient (Wildman–Crippen LogP) is 5.10. The summed E-state index contributed by atoms with van der Waals surface area (Å²) in [5, 5.41) is 12.9. The van der Waals surface area contributed by atoms with Crippen LogP contribution in [0.3, 0.4) is 0 Å². The fourth-order valence-electron chi connectivity index (χ4n) is 2.84. The molecule has 2 aromatic carbocycles. The van der Waals surface area contributed by atoms with Crippen LogP contribution in [0.1, 0.15) is 36.6 Å². The van der Waals surface area contributed by atoms with E-state index in [0.717, 1.165) is 5.56 Å². The van der Waals surface area contributed by atoms with Crippen LogP contribution in [-0.2, 0) is 9.47 Å². The molecule has 1 unspecified atom stereocenters. The molecule has 0 aliphatic carbocycles. The zero-order valence-corrected chi connectivity index (χ0v) is 18.2. The molecule has 0 saturated heterocycles. The van der Waals surface area contributed by atoms with Crippen molar-refractivity contribution in [3.05, 3.63) is 82.6 Å². The first kappa shape index (κ1) is 22.8. The van der Waals surface area contributed by atoms with E-state index < -0.39 is 12.2 Å². The van der Waals surface area contributed by atoms with Crippen molar-refractivity contribution in [3.63, 3.8) is 0 Å². The number of carbonyl (C=O) groups is 1. The molecule has 0 fully saturated rings. The van der Waals surface area contributed by atoms with Gasteiger partial charge in [-0.2, -0.15) is 5.26 Å². The molecule has 0 amide bonds. The predicted molar refractivity (Wildman–Crippen MR) is 118 cm³/mol. The summed E-state index contributed by atoms with van der Waals surface area (Å²) in [5.74, 6) is 0.828. The summed E-state index contributed by atoms with van der Waals surface area (Å²) in [6, 6.07) is 15.5. The third-order valence-corrected chi connectivity index (χ3v) is 4.45. The molecule has 1 atom stereocenters. The number of ether oxygens (including phenoxy) is 3. The molecule has 0 spiro atoms. The molecular formula is C23H21ClN4O4. The maximum atomic E-state index is 11.6. The van der Waals surface area contributed by atoms with E-state index in [-0.39, 0.29) is 12.9 Å². The van der Waals surface area contributed by atoms with E-state index in [4.69, 9.17) is 31.1 Å². The van der Waals surface area contributed by atoms with E-state index in [1.807, 2.05) is 12.1 Å². The number of hydrogen-bond acceptors (Lipinski definition) is 8. The standard InChI is InChI=1S/C23H21ClN4O4/c1-15(2)32-23(29)31-14-30-20-9-8-18(24)12-19(20)21(28-22-26-10-3-11-27-22)17-6-4-16(13-25)5-7-17/h3-12,15,21H,14H2,1-2H3,(H,26,27,28). The quantitative estimate of drug-likeness (QED) is 0.371. The zero-order valence-electron chi connectivity index (χ0n) is 17.5. The van der Waals surface area contributed by atoms with Crippen molar-refractivity contribution in [1.82, 2.24) is 9.97 Å². The van der Waals surface area contributed by atoms with Gasteiger partial charge in [-0.3, -0.25) is 0 Å². The van der Waals surface area contributed by atoms with Gasteiger partial charge < -0.3 is 19.5 Å². The average Bonchev–Trinajstić information content (AvgIpc) is 2.79. The lowest BCUT2D eigenvalue weighted by Gasteiger charge is -2.23. The first-order chi connectivity index (χ1) is 15.5. The normalized spacial score (nSPS) is 11.3. The molecule has 0 radical (unpaired) electrons. The Kier molecular flexibility index (Phi) is 7.84. The lowest BCUT2D eigenvalue weighted by molar-refractivity contribution is -0.00845. The number of rotatable bonds is 8. The van der Waals surface area contributed by atoms with Crippen molar-refractivity contribution in [2.45, 2.75) is 26.0 Å². The Morgan fingerprint density at radius 3 is 2.53 bits per heavy atom.